The van der Waals surface area contributed by atoms with E-state index in [0.717, 1.165) is 32.2 Å². The lowest BCUT2D eigenvalue weighted by Crippen LogP contribution is -2.22. The minimum Gasteiger partial charge on any atom is -0.310 e. The monoisotopic (exact) mass is 282 g/mol. The van der Waals surface area contributed by atoms with Crippen molar-refractivity contribution in [3.05, 3.63) is 65.5 Å². The van der Waals surface area contributed by atoms with Crippen molar-refractivity contribution < 1.29 is 0 Å². The van der Waals surface area contributed by atoms with Crippen LogP contribution < -0.4 is 5.32 Å². The molecule has 2 heteroatoms. The molecule has 0 aliphatic rings. The van der Waals surface area contributed by atoms with E-state index in [-0.39, 0.29) is 0 Å². The molecule has 0 spiro atoms. The zero-order valence-corrected chi connectivity index (χ0v) is 13.2. The lowest BCUT2D eigenvalue weighted by Gasteiger charge is -2.20. The second-order valence-corrected chi connectivity index (χ2v) is 5.51. The first-order valence-electron chi connectivity index (χ1n) is 8.04. The van der Waals surface area contributed by atoms with Crippen LogP contribution in [0.4, 0.5) is 0 Å². The summed E-state index contributed by atoms with van der Waals surface area (Å²) in [5.74, 6) is 0. The largest absolute Gasteiger partial charge is 0.310 e. The SMILES string of the molecule is CCCNC(CCc1cccnc1)c1cccc(CC)c1. The zero-order chi connectivity index (χ0) is 14.9. The molecule has 0 radical (unpaired) electrons. The van der Waals surface area contributed by atoms with E-state index in [0.29, 0.717) is 6.04 Å². The normalized spacial score (nSPS) is 12.3. The predicted molar refractivity (Wildman–Crippen MR) is 89.4 cm³/mol. The van der Waals surface area contributed by atoms with Gasteiger partial charge >= 0.3 is 0 Å². The average Bonchev–Trinajstić information content (AvgIpc) is 2.56. The molecular formula is C19H26N2. The number of rotatable bonds is 8. The number of hydrogen-bond acceptors (Lipinski definition) is 2. The van der Waals surface area contributed by atoms with Gasteiger partial charge in [-0.1, -0.05) is 44.2 Å². The van der Waals surface area contributed by atoms with Crippen molar-refractivity contribution in [2.45, 2.75) is 45.6 Å². The van der Waals surface area contributed by atoms with Crippen LogP contribution in [0.15, 0.2) is 48.8 Å². The lowest BCUT2D eigenvalue weighted by molar-refractivity contribution is 0.499. The van der Waals surface area contributed by atoms with Crippen LogP contribution in [0.1, 0.15) is 49.4 Å². The third kappa shape index (κ3) is 4.98. The molecule has 0 saturated heterocycles. The summed E-state index contributed by atoms with van der Waals surface area (Å²) in [5, 5.41) is 3.69. The van der Waals surface area contributed by atoms with Gasteiger partial charge in [-0.3, -0.25) is 4.98 Å². The molecule has 0 bridgehead atoms. The van der Waals surface area contributed by atoms with Gasteiger partial charge in [0.2, 0.25) is 0 Å². The van der Waals surface area contributed by atoms with Crippen LogP contribution in [0.2, 0.25) is 0 Å². The molecule has 2 aromatic rings. The first-order valence-corrected chi connectivity index (χ1v) is 8.04. The van der Waals surface area contributed by atoms with E-state index >= 15 is 0 Å². The minimum absolute atomic E-state index is 0.427. The van der Waals surface area contributed by atoms with Crippen molar-refractivity contribution in [3.8, 4) is 0 Å². The third-order valence-electron chi connectivity index (χ3n) is 3.85. The summed E-state index contributed by atoms with van der Waals surface area (Å²) in [6.45, 7) is 5.49. The third-order valence-corrected chi connectivity index (χ3v) is 3.85. The van der Waals surface area contributed by atoms with E-state index < -0.39 is 0 Å². The van der Waals surface area contributed by atoms with Crippen LogP contribution in [0, 0.1) is 0 Å². The Morgan fingerprint density at radius 2 is 1.95 bits per heavy atom. The standard InChI is InChI=1S/C19H26N2/c1-3-12-21-19(11-10-17-8-6-13-20-15-17)18-9-5-7-16(4-2)14-18/h5-9,13-15,19,21H,3-4,10-12H2,1-2H3. The van der Waals surface area contributed by atoms with Gasteiger partial charge in [-0.25, -0.2) is 0 Å². The number of hydrogen-bond donors (Lipinski definition) is 1. The summed E-state index contributed by atoms with van der Waals surface area (Å²) in [6, 6.07) is 13.6. The maximum Gasteiger partial charge on any atom is 0.0323 e. The Labute approximate surface area is 128 Å². The Balaban J connectivity index is 2.06. The number of aromatic nitrogens is 1. The first kappa shape index (κ1) is 15.7. The highest BCUT2D eigenvalue weighted by molar-refractivity contribution is 5.26. The second kappa shape index (κ2) is 8.58. The number of benzene rings is 1. The van der Waals surface area contributed by atoms with Crippen molar-refractivity contribution in [1.82, 2.24) is 10.3 Å². The molecule has 1 heterocycles. The van der Waals surface area contributed by atoms with Gasteiger partial charge in [-0.05, 0) is 55.0 Å². The molecule has 0 fully saturated rings. The molecule has 1 aromatic carbocycles. The number of nitrogens with one attached hydrogen (secondary N) is 1. The fourth-order valence-electron chi connectivity index (χ4n) is 2.59. The van der Waals surface area contributed by atoms with E-state index in [1.807, 2.05) is 18.5 Å². The quantitative estimate of drug-likeness (QED) is 0.780. The van der Waals surface area contributed by atoms with Crippen LogP contribution in [0.3, 0.4) is 0 Å². The minimum atomic E-state index is 0.427. The highest BCUT2D eigenvalue weighted by Crippen LogP contribution is 2.20. The topological polar surface area (TPSA) is 24.9 Å². The smallest absolute Gasteiger partial charge is 0.0323 e. The van der Waals surface area contributed by atoms with Gasteiger partial charge in [0.05, 0.1) is 0 Å². The average molecular weight is 282 g/mol. The number of aryl methyl sites for hydroxylation is 2. The molecule has 2 nitrogen and oxygen atoms in total. The fourth-order valence-corrected chi connectivity index (χ4v) is 2.59. The fraction of sp³-hybridized carbons (Fsp3) is 0.421. The molecule has 0 amide bonds. The molecular weight excluding hydrogens is 256 g/mol. The summed E-state index contributed by atoms with van der Waals surface area (Å²) in [4.78, 5) is 4.20. The summed E-state index contributed by atoms with van der Waals surface area (Å²) in [6.07, 6.45) is 8.23. The van der Waals surface area contributed by atoms with Crippen molar-refractivity contribution >= 4 is 0 Å². The van der Waals surface area contributed by atoms with Gasteiger partial charge in [-0.15, -0.1) is 0 Å². The summed E-state index contributed by atoms with van der Waals surface area (Å²) in [5.41, 5.74) is 4.14. The number of pyridine rings is 1. The van der Waals surface area contributed by atoms with E-state index in [9.17, 15) is 0 Å². The van der Waals surface area contributed by atoms with Crippen molar-refractivity contribution in [1.29, 1.82) is 0 Å². The van der Waals surface area contributed by atoms with E-state index in [2.05, 4.69) is 54.5 Å². The first-order chi connectivity index (χ1) is 10.3. The molecule has 0 aliphatic heterocycles. The van der Waals surface area contributed by atoms with Gasteiger partial charge in [0, 0.05) is 18.4 Å². The van der Waals surface area contributed by atoms with Crippen LogP contribution in [-0.2, 0) is 12.8 Å². The van der Waals surface area contributed by atoms with Crippen LogP contribution in [0.25, 0.3) is 0 Å². The van der Waals surface area contributed by atoms with E-state index in [4.69, 9.17) is 0 Å². The Morgan fingerprint density at radius 3 is 2.67 bits per heavy atom. The highest BCUT2D eigenvalue weighted by Gasteiger charge is 2.11. The lowest BCUT2D eigenvalue weighted by atomic mass is 9.97. The van der Waals surface area contributed by atoms with Crippen LogP contribution >= 0.6 is 0 Å². The van der Waals surface area contributed by atoms with Crippen molar-refractivity contribution in [2.24, 2.45) is 0 Å². The van der Waals surface area contributed by atoms with E-state index in [1.54, 1.807) is 0 Å². The maximum absolute atomic E-state index is 4.20. The maximum atomic E-state index is 4.20. The molecule has 2 rings (SSSR count). The molecule has 1 N–H and O–H groups in total. The highest BCUT2D eigenvalue weighted by atomic mass is 14.9. The predicted octanol–water partition coefficient (Wildman–Crippen LogP) is 4.32. The molecule has 1 atom stereocenters. The van der Waals surface area contributed by atoms with Gasteiger partial charge in [0.15, 0.2) is 0 Å². The molecule has 1 aromatic heterocycles. The summed E-state index contributed by atoms with van der Waals surface area (Å²) < 4.78 is 0. The van der Waals surface area contributed by atoms with Gasteiger partial charge in [0.25, 0.3) is 0 Å². The Hall–Kier alpha value is -1.67. The molecule has 0 saturated carbocycles. The van der Waals surface area contributed by atoms with Gasteiger partial charge in [0.1, 0.15) is 0 Å². The number of nitrogens with zero attached hydrogens (tertiary/aromatic N) is 1. The van der Waals surface area contributed by atoms with Crippen molar-refractivity contribution in [2.75, 3.05) is 6.54 Å². The Morgan fingerprint density at radius 1 is 1.10 bits per heavy atom. The van der Waals surface area contributed by atoms with Gasteiger partial charge < -0.3 is 5.32 Å². The van der Waals surface area contributed by atoms with Crippen molar-refractivity contribution in [3.63, 3.8) is 0 Å². The van der Waals surface area contributed by atoms with E-state index in [1.165, 1.54) is 16.7 Å². The Bertz CT molecular complexity index is 522. The van der Waals surface area contributed by atoms with Crippen LogP contribution in [0.5, 0.6) is 0 Å². The Kier molecular flexibility index (Phi) is 6.42. The van der Waals surface area contributed by atoms with Crippen LogP contribution in [-0.4, -0.2) is 11.5 Å². The second-order valence-electron chi connectivity index (χ2n) is 5.51. The molecule has 21 heavy (non-hydrogen) atoms. The molecule has 1 unspecified atom stereocenters. The molecule has 112 valence electrons. The van der Waals surface area contributed by atoms with Gasteiger partial charge in [-0.2, -0.15) is 0 Å². The molecule has 0 aliphatic carbocycles. The zero-order valence-electron chi connectivity index (χ0n) is 13.2. The summed E-state index contributed by atoms with van der Waals surface area (Å²) >= 11 is 0. The summed E-state index contributed by atoms with van der Waals surface area (Å²) in [7, 11) is 0.